The van der Waals surface area contributed by atoms with Crippen LogP contribution in [0.5, 0.6) is 5.75 Å². The number of aromatic nitrogens is 3. The third kappa shape index (κ3) is 6.00. The molecule has 1 amide bonds. The number of carbonyl (C=O) groups excluding carboxylic acids is 1. The number of nitrogens with one attached hydrogen (secondary N) is 1. The maximum Gasteiger partial charge on any atom is 0.234 e. The Bertz CT molecular complexity index is 1030. The molecule has 0 bridgehead atoms. The first-order valence-electron chi connectivity index (χ1n) is 9.78. The molecule has 0 unspecified atom stereocenters. The Morgan fingerprint density at radius 1 is 1.23 bits per heavy atom. The summed E-state index contributed by atoms with van der Waals surface area (Å²) in [5.74, 6) is 1.47. The third-order valence-corrected chi connectivity index (χ3v) is 6.11. The van der Waals surface area contributed by atoms with E-state index in [2.05, 4.69) is 44.0 Å². The lowest BCUT2D eigenvalue weighted by molar-refractivity contribution is -0.113. The second-order valence-electron chi connectivity index (χ2n) is 7.24. The molecule has 1 heterocycles. The molecule has 3 aromatic rings. The van der Waals surface area contributed by atoms with Gasteiger partial charge < -0.3 is 14.6 Å². The van der Waals surface area contributed by atoms with Crippen molar-refractivity contribution in [3.8, 4) is 5.75 Å². The van der Waals surface area contributed by atoms with Crippen LogP contribution in [0.4, 0.5) is 5.69 Å². The van der Waals surface area contributed by atoms with Gasteiger partial charge in [0, 0.05) is 5.69 Å². The lowest BCUT2D eigenvalue weighted by Gasteiger charge is -2.20. The average molecular weight is 460 g/mol. The quantitative estimate of drug-likeness (QED) is 0.480. The highest BCUT2D eigenvalue weighted by atomic mass is 35.5. The highest BCUT2D eigenvalue weighted by Gasteiger charge is 2.20. The van der Waals surface area contributed by atoms with Crippen molar-refractivity contribution >= 4 is 35.0 Å². The van der Waals surface area contributed by atoms with Crippen LogP contribution in [0, 0.1) is 0 Å². The molecule has 3 rings (SSSR count). The summed E-state index contributed by atoms with van der Waals surface area (Å²) in [5, 5.41) is 12.8. The summed E-state index contributed by atoms with van der Waals surface area (Å²) in [6.07, 6.45) is 0. The van der Waals surface area contributed by atoms with Gasteiger partial charge in [-0.05, 0) is 44.8 Å². The van der Waals surface area contributed by atoms with Crippen LogP contribution in [0.2, 0.25) is 5.02 Å². The van der Waals surface area contributed by atoms with E-state index in [0.717, 1.165) is 11.4 Å². The summed E-state index contributed by atoms with van der Waals surface area (Å²) in [4.78, 5) is 14.6. The van der Waals surface area contributed by atoms with Crippen LogP contribution in [0.3, 0.4) is 0 Å². The molecule has 7 nitrogen and oxygen atoms in total. The van der Waals surface area contributed by atoms with Gasteiger partial charge in [0.25, 0.3) is 0 Å². The first-order valence-corrected chi connectivity index (χ1v) is 11.1. The Labute approximate surface area is 191 Å². The van der Waals surface area contributed by atoms with Crippen molar-refractivity contribution in [1.82, 2.24) is 19.7 Å². The summed E-state index contributed by atoms with van der Waals surface area (Å²) < 4.78 is 7.21. The zero-order chi connectivity index (χ0) is 22.4. The van der Waals surface area contributed by atoms with Crippen molar-refractivity contribution < 1.29 is 9.53 Å². The van der Waals surface area contributed by atoms with Crippen LogP contribution in [-0.4, -0.2) is 52.5 Å². The van der Waals surface area contributed by atoms with Crippen LogP contribution in [0.25, 0.3) is 0 Å². The molecule has 2 aromatic carbocycles. The topological polar surface area (TPSA) is 72.3 Å². The Balaban J connectivity index is 1.73. The molecule has 31 heavy (non-hydrogen) atoms. The predicted octanol–water partition coefficient (Wildman–Crippen LogP) is 4.34. The van der Waals surface area contributed by atoms with Crippen molar-refractivity contribution in [2.45, 2.75) is 24.7 Å². The van der Waals surface area contributed by atoms with Crippen LogP contribution in [0.1, 0.15) is 24.4 Å². The van der Waals surface area contributed by atoms with Crippen LogP contribution < -0.4 is 10.1 Å². The Morgan fingerprint density at radius 2 is 1.97 bits per heavy atom. The minimum Gasteiger partial charge on any atom is -0.495 e. The van der Waals surface area contributed by atoms with Gasteiger partial charge in [0.15, 0.2) is 11.0 Å². The van der Waals surface area contributed by atoms with Gasteiger partial charge in [-0.25, -0.2) is 0 Å². The van der Waals surface area contributed by atoms with Gasteiger partial charge in [-0.1, -0.05) is 53.7 Å². The van der Waals surface area contributed by atoms with Crippen molar-refractivity contribution in [1.29, 1.82) is 0 Å². The fourth-order valence-electron chi connectivity index (χ4n) is 2.93. The monoisotopic (exact) mass is 459 g/mol. The van der Waals surface area contributed by atoms with Gasteiger partial charge in [-0.2, -0.15) is 0 Å². The van der Waals surface area contributed by atoms with E-state index in [0.29, 0.717) is 28.2 Å². The van der Waals surface area contributed by atoms with E-state index < -0.39 is 0 Å². The summed E-state index contributed by atoms with van der Waals surface area (Å²) in [6.45, 7) is 2.72. The van der Waals surface area contributed by atoms with E-state index in [4.69, 9.17) is 16.3 Å². The molecule has 0 aliphatic carbocycles. The smallest absolute Gasteiger partial charge is 0.234 e. The lowest BCUT2D eigenvalue weighted by atomic mass is 10.2. The van der Waals surface area contributed by atoms with E-state index in [-0.39, 0.29) is 17.7 Å². The van der Waals surface area contributed by atoms with Crippen LogP contribution in [-0.2, 0) is 11.3 Å². The number of amides is 1. The Morgan fingerprint density at radius 3 is 2.61 bits per heavy atom. The number of nitrogens with zero attached hydrogens (tertiary/aromatic N) is 4. The molecule has 0 radical (unpaired) electrons. The summed E-state index contributed by atoms with van der Waals surface area (Å²) >= 11 is 7.49. The van der Waals surface area contributed by atoms with E-state index >= 15 is 0 Å². The Kier molecular flexibility index (Phi) is 7.95. The highest BCUT2D eigenvalue weighted by Crippen LogP contribution is 2.28. The molecule has 1 atom stereocenters. The predicted molar refractivity (Wildman–Crippen MR) is 125 cm³/mol. The third-order valence-electron chi connectivity index (χ3n) is 4.85. The number of thioether (sulfide) groups is 1. The fraction of sp³-hybridized carbons (Fsp3) is 0.318. The average Bonchev–Trinajstić information content (AvgIpc) is 3.14. The molecule has 1 N–H and O–H groups in total. The zero-order valence-electron chi connectivity index (χ0n) is 18.0. The van der Waals surface area contributed by atoms with Crippen molar-refractivity contribution in [3.63, 3.8) is 0 Å². The molecule has 0 saturated heterocycles. The van der Waals surface area contributed by atoms with Gasteiger partial charge in [-0.15, -0.1) is 10.2 Å². The highest BCUT2D eigenvalue weighted by molar-refractivity contribution is 7.99. The van der Waals surface area contributed by atoms with Gasteiger partial charge in [0.1, 0.15) is 5.75 Å². The van der Waals surface area contributed by atoms with E-state index in [9.17, 15) is 4.79 Å². The first-order chi connectivity index (χ1) is 14.9. The van der Waals surface area contributed by atoms with Gasteiger partial charge in [-0.3, -0.25) is 9.69 Å². The van der Waals surface area contributed by atoms with Crippen molar-refractivity contribution in [2.75, 3.05) is 32.3 Å². The number of hydrogen-bond donors (Lipinski definition) is 1. The van der Waals surface area contributed by atoms with Crippen molar-refractivity contribution in [3.05, 3.63) is 64.9 Å². The normalized spacial score (nSPS) is 12.1. The van der Waals surface area contributed by atoms with E-state index in [1.54, 1.807) is 25.3 Å². The number of ether oxygens (including phenoxy) is 1. The SMILES string of the molecule is COc1ccc(NC(=O)CSc2nnc([C@H](C)N(C)C)n2Cc2ccccc2)cc1Cl. The number of rotatable bonds is 9. The number of halogens is 1. The lowest BCUT2D eigenvalue weighted by Crippen LogP contribution is -2.21. The van der Waals surface area contributed by atoms with E-state index in [1.807, 2.05) is 32.3 Å². The number of anilines is 1. The fourth-order valence-corrected chi connectivity index (χ4v) is 3.94. The molecular formula is C22H26ClN5O2S. The largest absolute Gasteiger partial charge is 0.495 e. The summed E-state index contributed by atoms with van der Waals surface area (Å²) in [7, 11) is 5.56. The molecule has 0 aliphatic heterocycles. The first kappa shape index (κ1) is 23.1. The molecule has 0 saturated carbocycles. The molecule has 1 aromatic heterocycles. The number of benzene rings is 2. The van der Waals surface area contributed by atoms with Crippen LogP contribution >= 0.6 is 23.4 Å². The van der Waals surface area contributed by atoms with E-state index in [1.165, 1.54) is 11.8 Å². The number of carbonyl (C=O) groups is 1. The minimum absolute atomic E-state index is 0.0841. The molecule has 0 aliphatic rings. The Hall–Kier alpha value is -2.55. The van der Waals surface area contributed by atoms with Gasteiger partial charge >= 0.3 is 0 Å². The van der Waals surface area contributed by atoms with Crippen LogP contribution in [0.15, 0.2) is 53.7 Å². The van der Waals surface area contributed by atoms with Crippen molar-refractivity contribution in [2.24, 2.45) is 0 Å². The summed E-state index contributed by atoms with van der Waals surface area (Å²) in [5.41, 5.74) is 1.76. The van der Waals surface area contributed by atoms with Gasteiger partial charge in [0.2, 0.25) is 5.91 Å². The molecule has 0 spiro atoms. The molecule has 9 heteroatoms. The maximum absolute atomic E-state index is 12.5. The zero-order valence-corrected chi connectivity index (χ0v) is 19.6. The van der Waals surface area contributed by atoms with Gasteiger partial charge in [0.05, 0.1) is 30.5 Å². The molecule has 164 valence electrons. The maximum atomic E-state index is 12.5. The minimum atomic E-state index is -0.150. The number of methoxy groups -OCH3 is 1. The standard InChI is InChI=1S/C22H26ClN5O2S/c1-15(27(2)3)21-25-26-22(28(21)13-16-8-6-5-7-9-16)31-14-20(29)24-17-10-11-19(30-4)18(23)12-17/h5-12,15H,13-14H2,1-4H3,(H,24,29)/t15-/m0/s1. The number of hydrogen-bond acceptors (Lipinski definition) is 6. The second kappa shape index (κ2) is 10.7. The summed E-state index contributed by atoms with van der Waals surface area (Å²) in [6, 6.07) is 15.4. The second-order valence-corrected chi connectivity index (χ2v) is 8.59. The molecular weight excluding hydrogens is 434 g/mol. The molecule has 0 fully saturated rings.